The highest BCUT2D eigenvalue weighted by molar-refractivity contribution is 5.77. The van der Waals surface area contributed by atoms with Crippen LogP contribution in [0.2, 0.25) is 0 Å². The van der Waals surface area contributed by atoms with Gasteiger partial charge in [0.1, 0.15) is 5.75 Å². The highest BCUT2D eigenvalue weighted by Gasteiger charge is 2.16. The molecular weight excluding hydrogens is 312 g/mol. The number of hydrogen-bond acceptors (Lipinski definition) is 3. The topological polar surface area (TPSA) is 51.2 Å². The average Bonchev–Trinajstić information content (AvgIpc) is 2.65. The van der Waals surface area contributed by atoms with E-state index < -0.39 is 0 Å². The van der Waals surface area contributed by atoms with Crippen molar-refractivity contribution in [3.05, 3.63) is 59.4 Å². The molecular formula is C21H26N2O2. The number of fused-ring (bicyclic) bond motifs is 1. The fourth-order valence-electron chi connectivity index (χ4n) is 3.29. The van der Waals surface area contributed by atoms with Gasteiger partial charge in [-0.1, -0.05) is 30.3 Å². The molecule has 4 heteroatoms. The zero-order chi connectivity index (χ0) is 17.5. The third-order valence-electron chi connectivity index (χ3n) is 4.67. The molecule has 1 atom stereocenters. The first-order chi connectivity index (χ1) is 12.2. The monoisotopic (exact) mass is 338 g/mol. The molecule has 0 spiro atoms. The van der Waals surface area contributed by atoms with Crippen molar-refractivity contribution in [2.24, 2.45) is 0 Å². The van der Waals surface area contributed by atoms with Crippen LogP contribution in [0.15, 0.2) is 42.6 Å². The predicted molar refractivity (Wildman–Crippen MR) is 98.7 cm³/mol. The van der Waals surface area contributed by atoms with E-state index in [4.69, 9.17) is 4.74 Å². The number of hydrogen-bond donors (Lipinski definition) is 1. The zero-order valence-corrected chi connectivity index (χ0v) is 14.8. The summed E-state index contributed by atoms with van der Waals surface area (Å²) in [7, 11) is 0. The molecule has 132 valence electrons. The first kappa shape index (κ1) is 17.5. The quantitative estimate of drug-likeness (QED) is 0.841. The average molecular weight is 338 g/mol. The highest BCUT2D eigenvalue weighted by Crippen LogP contribution is 2.27. The van der Waals surface area contributed by atoms with Crippen molar-refractivity contribution in [3.8, 4) is 5.75 Å². The summed E-state index contributed by atoms with van der Waals surface area (Å²) in [5, 5.41) is 3.02. The predicted octanol–water partition coefficient (Wildman–Crippen LogP) is 3.48. The Balaban J connectivity index is 1.45. The fraction of sp³-hybridized carbons (Fsp3) is 0.429. The van der Waals surface area contributed by atoms with Crippen molar-refractivity contribution in [2.45, 2.75) is 51.5 Å². The third kappa shape index (κ3) is 5.05. The van der Waals surface area contributed by atoms with E-state index in [1.807, 2.05) is 31.2 Å². The molecule has 0 fully saturated rings. The Morgan fingerprint density at radius 2 is 2.00 bits per heavy atom. The summed E-state index contributed by atoms with van der Waals surface area (Å²) in [6.07, 6.45) is 8.00. The molecule has 1 aromatic heterocycles. The Morgan fingerprint density at radius 3 is 2.84 bits per heavy atom. The Bertz CT molecular complexity index is 700. The number of nitrogens with one attached hydrogen (secondary N) is 1. The second kappa shape index (κ2) is 8.65. The number of aryl methyl sites for hydroxylation is 2. The third-order valence-corrected chi connectivity index (χ3v) is 4.67. The van der Waals surface area contributed by atoms with Crippen LogP contribution in [0.3, 0.4) is 0 Å². The van der Waals surface area contributed by atoms with Crippen molar-refractivity contribution in [1.29, 1.82) is 0 Å². The van der Waals surface area contributed by atoms with Crippen molar-refractivity contribution in [2.75, 3.05) is 6.61 Å². The standard InChI is InChI=1S/C21H26N2O2/c1-16(11-12-17-7-3-2-4-8-17)23-21(24)15-25-20-13-14-22-19-10-6-5-9-18(19)20/h2-4,7-8,13-14,16H,5-6,9-12,15H2,1H3,(H,23,24). The lowest BCUT2D eigenvalue weighted by Gasteiger charge is -2.19. The molecule has 1 N–H and O–H groups in total. The molecule has 0 aliphatic heterocycles. The number of rotatable bonds is 7. The van der Waals surface area contributed by atoms with Crippen molar-refractivity contribution in [3.63, 3.8) is 0 Å². The smallest absolute Gasteiger partial charge is 0.258 e. The lowest BCUT2D eigenvalue weighted by molar-refractivity contribution is -0.123. The molecule has 25 heavy (non-hydrogen) atoms. The molecule has 0 bridgehead atoms. The lowest BCUT2D eigenvalue weighted by atomic mass is 9.95. The van der Waals surface area contributed by atoms with Crippen LogP contribution in [0.1, 0.15) is 43.0 Å². The van der Waals surface area contributed by atoms with Gasteiger partial charge in [-0.3, -0.25) is 9.78 Å². The first-order valence-corrected chi connectivity index (χ1v) is 9.15. The Morgan fingerprint density at radius 1 is 1.20 bits per heavy atom. The van der Waals surface area contributed by atoms with Gasteiger partial charge in [0.25, 0.3) is 5.91 Å². The number of amides is 1. The van der Waals surface area contributed by atoms with Crippen molar-refractivity contribution < 1.29 is 9.53 Å². The van der Waals surface area contributed by atoms with E-state index in [-0.39, 0.29) is 18.6 Å². The van der Waals surface area contributed by atoms with Gasteiger partial charge in [-0.25, -0.2) is 0 Å². The molecule has 0 saturated carbocycles. The van der Waals surface area contributed by atoms with Crippen molar-refractivity contribution >= 4 is 5.91 Å². The molecule has 4 nitrogen and oxygen atoms in total. The lowest BCUT2D eigenvalue weighted by Crippen LogP contribution is -2.36. The summed E-state index contributed by atoms with van der Waals surface area (Å²) < 4.78 is 5.78. The summed E-state index contributed by atoms with van der Waals surface area (Å²) in [4.78, 5) is 16.6. The minimum Gasteiger partial charge on any atom is -0.483 e. The van der Waals surface area contributed by atoms with E-state index in [2.05, 4.69) is 22.4 Å². The van der Waals surface area contributed by atoms with Crippen molar-refractivity contribution in [1.82, 2.24) is 10.3 Å². The minimum atomic E-state index is -0.0677. The van der Waals surface area contributed by atoms with Crippen LogP contribution in [0.5, 0.6) is 5.75 Å². The molecule has 1 aliphatic rings. The van der Waals surface area contributed by atoms with E-state index in [1.165, 1.54) is 17.5 Å². The maximum Gasteiger partial charge on any atom is 0.258 e. The molecule has 3 rings (SSSR count). The van der Waals surface area contributed by atoms with Gasteiger partial charge in [0.05, 0.1) is 0 Å². The number of nitrogens with zero attached hydrogens (tertiary/aromatic N) is 1. The molecule has 0 radical (unpaired) electrons. The largest absolute Gasteiger partial charge is 0.483 e. The zero-order valence-electron chi connectivity index (χ0n) is 14.8. The summed E-state index contributed by atoms with van der Waals surface area (Å²) in [6.45, 7) is 2.10. The number of aromatic nitrogens is 1. The molecule has 1 aliphatic carbocycles. The Kier molecular flexibility index (Phi) is 6.04. The molecule has 0 saturated heterocycles. The highest BCUT2D eigenvalue weighted by atomic mass is 16.5. The second-order valence-corrected chi connectivity index (χ2v) is 6.72. The van der Waals surface area contributed by atoms with Gasteiger partial charge >= 0.3 is 0 Å². The van der Waals surface area contributed by atoms with Crippen LogP contribution >= 0.6 is 0 Å². The molecule has 1 aromatic carbocycles. The normalized spacial score (nSPS) is 14.4. The van der Waals surface area contributed by atoms with Gasteiger partial charge in [-0.15, -0.1) is 0 Å². The minimum absolute atomic E-state index is 0.0616. The molecule has 1 unspecified atom stereocenters. The maximum absolute atomic E-state index is 12.2. The van der Waals surface area contributed by atoms with E-state index in [9.17, 15) is 4.79 Å². The van der Waals surface area contributed by atoms with Gasteiger partial charge in [0, 0.05) is 23.5 Å². The van der Waals surface area contributed by atoms with Crippen LogP contribution in [0, 0.1) is 0 Å². The van der Waals surface area contributed by atoms with E-state index in [0.717, 1.165) is 43.5 Å². The van der Waals surface area contributed by atoms with Gasteiger partial charge in [0.15, 0.2) is 6.61 Å². The number of ether oxygens (including phenoxy) is 1. The SMILES string of the molecule is CC(CCc1ccccc1)NC(=O)COc1ccnc2c1CCCC2. The first-order valence-electron chi connectivity index (χ1n) is 9.15. The van der Waals surface area contributed by atoms with Crippen LogP contribution in [-0.2, 0) is 24.1 Å². The van der Waals surface area contributed by atoms with Gasteiger partial charge < -0.3 is 10.1 Å². The molecule has 2 aromatic rings. The maximum atomic E-state index is 12.2. The van der Waals surface area contributed by atoms with E-state index >= 15 is 0 Å². The Labute approximate surface area is 149 Å². The van der Waals surface area contributed by atoms with Gasteiger partial charge in [-0.05, 0) is 57.1 Å². The van der Waals surface area contributed by atoms with E-state index in [0.29, 0.717) is 0 Å². The number of carbonyl (C=O) groups is 1. The van der Waals surface area contributed by atoms with Gasteiger partial charge in [0.2, 0.25) is 0 Å². The Hall–Kier alpha value is -2.36. The summed E-state index contributed by atoms with van der Waals surface area (Å²) in [5.74, 6) is 0.749. The van der Waals surface area contributed by atoms with Crippen LogP contribution < -0.4 is 10.1 Å². The van der Waals surface area contributed by atoms with Crippen LogP contribution in [0.25, 0.3) is 0 Å². The van der Waals surface area contributed by atoms with Crippen LogP contribution in [-0.4, -0.2) is 23.5 Å². The second-order valence-electron chi connectivity index (χ2n) is 6.72. The summed E-state index contributed by atoms with van der Waals surface area (Å²) >= 11 is 0. The number of carbonyl (C=O) groups excluding carboxylic acids is 1. The van der Waals surface area contributed by atoms with E-state index in [1.54, 1.807) is 6.20 Å². The molecule has 1 heterocycles. The van der Waals surface area contributed by atoms with Crippen LogP contribution in [0.4, 0.5) is 0 Å². The number of benzene rings is 1. The summed E-state index contributed by atoms with van der Waals surface area (Å²) in [5.41, 5.74) is 3.60. The number of pyridine rings is 1. The van der Waals surface area contributed by atoms with Gasteiger partial charge in [-0.2, -0.15) is 0 Å². The summed E-state index contributed by atoms with van der Waals surface area (Å²) in [6, 6.07) is 12.3. The molecule has 1 amide bonds. The fourth-order valence-corrected chi connectivity index (χ4v) is 3.29.